The third-order valence-electron chi connectivity index (χ3n) is 2.98. The van der Waals surface area contributed by atoms with Gasteiger partial charge in [0.2, 0.25) is 0 Å². The van der Waals surface area contributed by atoms with E-state index in [1.807, 2.05) is 13.2 Å². The fourth-order valence-electron chi connectivity index (χ4n) is 2.18. The second-order valence-corrected chi connectivity index (χ2v) is 5.32. The minimum absolute atomic E-state index is 0.779. The number of aromatic nitrogens is 2. The maximum Gasteiger partial charge on any atom is 0.189 e. The molecule has 2 heterocycles. The molecule has 4 heteroatoms. The SMILES string of the molecule is CSc1nc(C)cc(N2CCCC(C)C2)n1. The van der Waals surface area contributed by atoms with E-state index in [4.69, 9.17) is 0 Å². The Bertz CT molecular complexity index is 367. The maximum absolute atomic E-state index is 4.59. The number of thioether (sulfide) groups is 1. The van der Waals surface area contributed by atoms with Crippen molar-refractivity contribution in [3.8, 4) is 0 Å². The minimum atomic E-state index is 0.779. The summed E-state index contributed by atoms with van der Waals surface area (Å²) in [5, 5.41) is 0.883. The molecule has 0 saturated carbocycles. The Morgan fingerprint density at radius 2 is 2.25 bits per heavy atom. The van der Waals surface area contributed by atoms with Crippen LogP contribution in [0.15, 0.2) is 11.2 Å². The zero-order valence-corrected chi connectivity index (χ0v) is 11.0. The van der Waals surface area contributed by atoms with Crippen molar-refractivity contribution in [1.29, 1.82) is 0 Å². The van der Waals surface area contributed by atoms with Gasteiger partial charge in [-0.2, -0.15) is 0 Å². The standard InChI is InChI=1S/C12H19N3S/c1-9-5-4-6-15(8-9)11-7-10(2)13-12(14-11)16-3/h7,9H,4-6,8H2,1-3H3. The summed E-state index contributed by atoms with van der Waals surface area (Å²) in [4.78, 5) is 11.4. The molecule has 0 bridgehead atoms. The number of hydrogen-bond acceptors (Lipinski definition) is 4. The number of anilines is 1. The van der Waals surface area contributed by atoms with Gasteiger partial charge in [-0.3, -0.25) is 0 Å². The Morgan fingerprint density at radius 1 is 1.44 bits per heavy atom. The van der Waals surface area contributed by atoms with Gasteiger partial charge in [0.05, 0.1) is 0 Å². The number of piperidine rings is 1. The predicted molar refractivity (Wildman–Crippen MR) is 69.2 cm³/mol. The normalized spacial score (nSPS) is 21.2. The summed E-state index contributed by atoms with van der Waals surface area (Å²) < 4.78 is 0. The first-order valence-electron chi connectivity index (χ1n) is 5.83. The lowest BCUT2D eigenvalue weighted by atomic mass is 10.0. The van der Waals surface area contributed by atoms with Crippen LogP contribution in [0, 0.1) is 12.8 Å². The van der Waals surface area contributed by atoms with Crippen LogP contribution >= 0.6 is 11.8 Å². The lowest BCUT2D eigenvalue weighted by Crippen LogP contribution is -2.35. The van der Waals surface area contributed by atoms with Crippen LogP contribution in [-0.2, 0) is 0 Å². The monoisotopic (exact) mass is 237 g/mol. The second kappa shape index (κ2) is 5.04. The van der Waals surface area contributed by atoms with Gasteiger partial charge in [0.1, 0.15) is 5.82 Å². The van der Waals surface area contributed by atoms with Gasteiger partial charge in [-0.05, 0) is 31.9 Å². The van der Waals surface area contributed by atoms with Crippen LogP contribution in [-0.4, -0.2) is 29.3 Å². The highest BCUT2D eigenvalue weighted by Crippen LogP contribution is 2.23. The molecule has 0 N–H and O–H groups in total. The second-order valence-electron chi connectivity index (χ2n) is 4.55. The minimum Gasteiger partial charge on any atom is -0.356 e. The molecule has 2 rings (SSSR count). The van der Waals surface area contributed by atoms with Crippen LogP contribution in [0.2, 0.25) is 0 Å². The third kappa shape index (κ3) is 2.67. The summed E-state index contributed by atoms with van der Waals surface area (Å²) in [5.41, 5.74) is 1.06. The van der Waals surface area contributed by atoms with E-state index in [1.54, 1.807) is 11.8 Å². The molecular weight excluding hydrogens is 218 g/mol. The lowest BCUT2D eigenvalue weighted by Gasteiger charge is -2.32. The molecule has 16 heavy (non-hydrogen) atoms. The van der Waals surface area contributed by atoms with Crippen molar-refractivity contribution in [3.05, 3.63) is 11.8 Å². The molecule has 88 valence electrons. The zero-order chi connectivity index (χ0) is 11.5. The van der Waals surface area contributed by atoms with E-state index in [1.165, 1.54) is 12.8 Å². The van der Waals surface area contributed by atoms with Crippen LogP contribution in [0.25, 0.3) is 0 Å². The molecule has 1 saturated heterocycles. The fraction of sp³-hybridized carbons (Fsp3) is 0.667. The molecule has 0 amide bonds. The molecule has 3 nitrogen and oxygen atoms in total. The summed E-state index contributed by atoms with van der Waals surface area (Å²) in [6, 6.07) is 2.09. The largest absolute Gasteiger partial charge is 0.356 e. The predicted octanol–water partition coefficient (Wildman–Crippen LogP) is 2.74. The van der Waals surface area contributed by atoms with Gasteiger partial charge in [0, 0.05) is 24.8 Å². The van der Waals surface area contributed by atoms with Crippen molar-refractivity contribution in [3.63, 3.8) is 0 Å². The summed E-state index contributed by atoms with van der Waals surface area (Å²) in [5.74, 6) is 1.88. The van der Waals surface area contributed by atoms with Gasteiger partial charge in [0.25, 0.3) is 0 Å². The van der Waals surface area contributed by atoms with Crippen molar-refractivity contribution < 1.29 is 0 Å². The summed E-state index contributed by atoms with van der Waals surface area (Å²) in [6.07, 6.45) is 4.64. The van der Waals surface area contributed by atoms with Crippen LogP contribution in [0.1, 0.15) is 25.5 Å². The Morgan fingerprint density at radius 3 is 2.94 bits per heavy atom. The van der Waals surface area contributed by atoms with Crippen molar-refractivity contribution in [2.75, 3.05) is 24.2 Å². The van der Waals surface area contributed by atoms with Crippen LogP contribution in [0.3, 0.4) is 0 Å². The average Bonchev–Trinajstić information content (AvgIpc) is 2.28. The molecule has 0 aromatic carbocycles. The van der Waals surface area contributed by atoms with Gasteiger partial charge in [-0.15, -0.1) is 0 Å². The molecule has 0 spiro atoms. The Labute approximate surface area is 102 Å². The smallest absolute Gasteiger partial charge is 0.189 e. The first-order valence-corrected chi connectivity index (χ1v) is 7.06. The van der Waals surface area contributed by atoms with Gasteiger partial charge in [-0.25, -0.2) is 9.97 Å². The Hall–Kier alpha value is -0.770. The first-order chi connectivity index (χ1) is 7.69. The van der Waals surface area contributed by atoms with E-state index in [2.05, 4.69) is 27.9 Å². The van der Waals surface area contributed by atoms with Gasteiger partial charge < -0.3 is 4.90 Å². The average molecular weight is 237 g/mol. The van der Waals surface area contributed by atoms with Crippen molar-refractivity contribution in [2.24, 2.45) is 5.92 Å². The van der Waals surface area contributed by atoms with Crippen molar-refractivity contribution >= 4 is 17.6 Å². The van der Waals surface area contributed by atoms with Gasteiger partial charge in [-0.1, -0.05) is 18.7 Å². The molecule has 1 fully saturated rings. The number of nitrogens with zero attached hydrogens (tertiary/aromatic N) is 3. The molecule has 1 aliphatic rings. The Kier molecular flexibility index (Phi) is 3.69. The van der Waals surface area contributed by atoms with E-state index < -0.39 is 0 Å². The van der Waals surface area contributed by atoms with E-state index in [9.17, 15) is 0 Å². The van der Waals surface area contributed by atoms with Crippen LogP contribution < -0.4 is 4.90 Å². The van der Waals surface area contributed by atoms with E-state index in [0.29, 0.717) is 0 Å². The highest BCUT2D eigenvalue weighted by atomic mass is 32.2. The van der Waals surface area contributed by atoms with E-state index in [0.717, 1.165) is 35.7 Å². The van der Waals surface area contributed by atoms with Crippen molar-refractivity contribution in [1.82, 2.24) is 9.97 Å². The number of hydrogen-bond donors (Lipinski definition) is 0. The molecule has 1 aromatic rings. The summed E-state index contributed by atoms with van der Waals surface area (Å²) in [6.45, 7) is 6.62. The zero-order valence-electron chi connectivity index (χ0n) is 10.2. The lowest BCUT2D eigenvalue weighted by molar-refractivity contribution is 0.443. The highest BCUT2D eigenvalue weighted by Gasteiger charge is 2.18. The summed E-state index contributed by atoms with van der Waals surface area (Å²) >= 11 is 1.61. The molecule has 1 aliphatic heterocycles. The van der Waals surface area contributed by atoms with Gasteiger partial charge in [0.15, 0.2) is 5.16 Å². The number of rotatable bonds is 2. The molecule has 0 aliphatic carbocycles. The van der Waals surface area contributed by atoms with Crippen molar-refractivity contribution in [2.45, 2.75) is 31.8 Å². The van der Waals surface area contributed by atoms with Crippen LogP contribution in [0.5, 0.6) is 0 Å². The Balaban J connectivity index is 2.21. The van der Waals surface area contributed by atoms with E-state index >= 15 is 0 Å². The quantitative estimate of drug-likeness (QED) is 0.584. The molecule has 1 unspecified atom stereocenters. The first kappa shape index (κ1) is 11.7. The molecule has 1 aromatic heterocycles. The molecule has 0 radical (unpaired) electrons. The fourth-order valence-corrected chi connectivity index (χ4v) is 2.60. The third-order valence-corrected chi connectivity index (χ3v) is 3.53. The number of aryl methyl sites for hydroxylation is 1. The highest BCUT2D eigenvalue weighted by molar-refractivity contribution is 7.98. The topological polar surface area (TPSA) is 29.0 Å². The molecule has 1 atom stereocenters. The van der Waals surface area contributed by atoms with E-state index in [-0.39, 0.29) is 0 Å². The maximum atomic E-state index is 4.59. The molecular formula is C12H19N3S. The summed E-state index contributed by atoms with van der Waals surface area (Å²) in [7, 11) is 0. The van der Waals surface area contributed by atoms with Crippen LogP contribution in [0.4, 0.5) is 5.82 Å². The van der Waals surface area contributed by atoms with Gasteiger partial charge >= 0.3 is 0 Å².